The van der Waals surface area contributed by atoms with E-state index in [2.05, 4.69) is 4.98 Å². The van der Waals surface area contributed by atoms with E-state index in [9.17, 15) is 26.4 Å². The van der Waals surface area contributed by atoms with Crippen LogP contribution in [0.25, 0.3) is 0 Å². The van der Waals surface area contributed by atoms with Gasteiger partial charge >= 0.3 is 6.30 Å². The van der Waals surface area contributed by atoms with Crippen LogP contribution < -0.4 is 14.8 Å². The zero-order chi connectivity index (χ0) is 22.8. The number of rotatable bonds is 5. The predicted octanol–water partition coefficient (Wildman–Crippen LogP) is 4.00. The van der Waals surface area contributed by atoms with Gasteiger partial charge in [0.05, 0.1) is 21.8 Å². The van der Waals surface area contributed by atoms with Crippen molar-refractivity contribution in [2.45, 2.75) is 18.1 Å². The van der Waals surface area contributed by atoms with Gasteiger partial charge in [-0.3, -0.25) is 9.78 Å². The molecule has 0 aliphatic rings. The lowest BCUT2D eigenvalue weighted by Crippen LogP contribution is -2.43. The van der Waals surface area contributed by atoms with Crippen LogP contribution >= 0.6 is 0 Å². The Labute approximate surface area is 175 Å². The molecule has 2 aromatic carbocycles. The van der Waals surface area contributed by atoms with Gasteiger partial charge in [0.1, 0.15) is 11.5 Å². The fourth-order valence-corrected chi connectivity index (χ4v) is 3.28. The Morgan fingerprint density at radius 1 is 1.03 bits per heavy atom. The summed E-state index contributed by atoms with van der Waals surface area (Å²) in [6, 6.07) is 12.2. The van der Waals surface area contributed by atoms with Crippen molar-refractivity contribution in [3.8, 4) is 11.5 Å². The average Bonchev–Trinajstić information content (AvgIpc) is 2.69. The van der Waals surface area contributed by atoms with Crippen molar-refractivity contribution in [1.82, 2.24) is 4.98 Å². The molecule has 0 radical (unpaired) electrons. The minimum atomic E-state index is -5.16. The summed E-state index contributed by atoms with van der Waals surface area (Å²) >= 11 is 0. The molecule has 2 N–H and O–H groups in total. The fourth-order valence-electron chi connectivity index (χ4n) is 2.73. The van der Waals surface area contributed by atoms with Gasteiger partial charge in [-0.2, -0.15) is 0 Å². The summed E-state index contributed by atoms with van der Waals surface area (Å²) in [4.78, 5) is 16.0. The molecule has 0 aliphatic heterocycles. The number of ether oxygens (including phenoxy) is 1. The largest absolute Gasteiger partial charge is 0.491 e. The van der Waals surface area contributed by atoms with E-state index in [0.29, 0.717) is 11.8 Å². The summed E-state index contributed by atoms with van der Waals surface area (Å²) in [6.45, 7) is 1.64. The van der Waals surface area contributed by atoms with Gasteiger partial charge in [-0.25, -0.2) is 18.5 Å². The molecule has 7 nitrogen and oxygen atoms in total. The van der Waals surface area contributed by atoms with Gasteiger partial charge < -0.3 is 4.74 Å². The first-order chi connectivity index (χ1) is 14.5. The molecule has 1 amide bonds. The van der Waals surface area contributed by atoms with E-state index >= 15 is 0 Å². The molecular weight excluding hydrogens is 435 g/mol. The highest BCUT2D eigenvalue weighted by atomic mass is 32.2. The molecule has 31 heavy (non-hydrogen) atoms. The first-order valence-corrected chi connectivity index (χ1v) is 10.3. The number of anilines is 1. The van der Waals surface area contributed by atoms with E-state index in [1.165, 1.54) is 30.5 Å². The van der Waals surface area contributed by atoms with Gasteiger partial charge in [0.15, 0.2) is 0 Å². The zero-order valence-corrected chi connectivity index (χ0v) is 16.8. The van der Waals surface area contributed by atoms with Crippen LogP contribution in [0.15, 0.2) is 71.8 Å². The summed E-state index contributed by atoms with van der Waals surface area (Å²) in [5.74, 6) is -1.32. The second-order valence-corrected chi connectivity index (χ2v) is 7.90. The van der Waals surface area contributed by atoms with E-state index in [4.69, 9.17) is 9.88 Å². The Hall–Kier alpha value is -3.44. The highest BCUT2D eigenvalue weighted by Crippen LogP contribution is 2.34. The van der Waals surface area contributed by atoms with Gasteiger partial charge in [-0.1, -0.05) is 18.2 Å². The van der Waals surface area contributed by atoms with Gasteiger partial charge in [0.25, 0.3) is 5.91 Å². The molecule has 0 aliphatic carbocycles. The van der Waals surface area contributed by atoms with Gasteiger partial charge in [0.2, 0.25) is 10.0 Å². The third kappa shape index (κ3) is 5.01. The molecule has 0 atom stereocenters. The molecule has 0 saturated heterocycles. The van der Waals surface area contributed by atoms with Gasteiger partial charge in [0, 0.05) is 6.20 Å². The zero-order valence-electron chi connectivity index (χ0n) is 16.0. The number of carbonyl (C=O) groups is 1. The number of aromatic nitrogens is 1. The summed E-state index contributed by atoms with van der Waals surface area (Å²) in [6.07, 6.45) is -3.64. The molecule has 0 spiro atoms. The topological polar surface area (TPSA) is 103 Å². The molecule has 3 rings (SSSR count). The molecule has 11 heteroatoms. The normalized spacial score (nSPS) is 11.8. The van der Waals surface area contributed by atoms with Gasteiger partial charge in [-0.05, 0) is 49.4 Å². The molecule has 162 valence electrons. The molecule has 0 unspecified atom stereocenters. The number of hydrogen-bond donors (Lipinski definition) is 1. The lowest BCUT2D eigenvalue weighted by atomic mass is 10.1. The molecule has 0 fully saturated rings. The standard InChI is InChI=1S/C20H16F3N3O4S/c1-13-17(10-5-11-25-13)30-18-9-3-2-8-16(18)19(27)26(20(21,22)23)14-6-4-7-15(12-14)31(24,28)29/h2-12H,1H3,(H2,24,28,29). The van der Waals surface area contributed by atoms with E-state index in [1.54, 1.807) is 19.1 Å². The van der Waals surface area contributed by atoms with Crippen LogP contribution in [0.4, 0.5) is 18.9 Å². The number of para-hydroxylation sites is 1. The number of benzene rings is 2. The lowest BCUT2D eigenvalue weighted by molar-refractivity contribution is -0.122. The van der Waals surface area contributed by atoms with Crippen molar-refractivity contribution in [3.05, 3.63) is 78.1 Å². The first kappa shape index (κ1) is 22.2. The Morgan fingerprint density at radius 2 is 1.71 bits per heavy atom. The molecule has 0 bridgehead atoms. The van der Waals surface area contributed by atoms with Crippen molar-refractivity contribution >= 4 is 21.6 Å². The smallest absolute Gasteiger partial charge is 0.455 e. The number of primary sulfonamides is 1. The van der Waals surface area contributed by atoms with E-state index in [-0.39, 0.29) is 17.1 Å². The Morgan fingerprint density at radius 3 is 2.35 bits per heavy atom. The number of sulfonamides is 1. The van der Waals surface area contributed by atoms with Crippen LogP contribution in [-0.4, -0.2) is 25.6 Å². The Bertz CT molecular complexity index is 1230. The Kier molecular flexibility index (Phi) is 6.00. The van der Waals surface area contributed by atoms with Crippen molar-refractivity contribution in [1.29, 1.82) is 0 Å². The minimum Gasteiger partial charge on any atom is -0.455 e. The third-order valence-electron chi connectivity index (χ3n) is 4.16. The van der Waals surface area contributed by atoms with Crippen LogP contribution in [0.1, 0.15) is 16.1 Å². The van der Waals surface area contributed by atoms with Crippen LogP contribution in [-0.2, 0) is 10.0 Å². The Balaban J connectivity index is 2.08. The number of alkyl halides is 3. The van der Waals surface area contributed by atoms with E-state index < -0.39 is 37.7 Å². The number of hydrogen-bond acceptors (Lipinski definition) is 5. The highest BCUT2D eigenvalue weighted by Gasteiger charge is 2.43. The number of pyridine rings is 1. The van der Waals surface area contributed by atoms with Crippen molar-refractivity contribution in [3.63, 3.8) is 0 Å². The molecular formula is C20H16F3N3O4S. The number of amides is 1. The predicted molar refractivity (Wildman–Crippen MR) is 106 cm³/mol. The third-order valence-corrected chi connectivity index (χ3v) is 5.07. The number of nitrogens with zero attached hydrogens (tertiary/aromatic N) is 2. The van der Waals surface area contributed by atoms with Crippen LogP contribution in [0.5, 0.6) is 11.5 Å². The lowest BCUT2D eigenvalue weighted by Gasteiger charge is -2.26. The number of aryl methyl sites for hydroxylation is 1. The minimum absolute atomic E-state index is 0.125. The van der Waals surface area contributed by atoms with Crippen molar-refractivity contribution < 1.29 is 31.1 Å². The number of nitrogens with two attached hydrogens (primary N) is 1. The number of halogens is 3. The second-order valence-electron chi connectivity index (χ2n) is 6.34. The molecule has 3 aromatic rings. The summed E-state index contributed by atoms with van der Waals surface area (Å²) in [5, 5.41) is 5.01. The first-order valence-electron chi connectivity index (χ1n) is 8.71. The fraction of sp³-hybridized carbons (Fsp3) is 0.100. The quantitative estimate of drug-likeness (QED) is 0.591. The van der Waals surface area contributed by atoms with Crippen LogP contribution in [0.3, 0.4) is 0 Å². The van der Waals surface area contributed by atoms with Crippen molar-refractivity contribution in [2.75, 3.05) is 4.90 Å². The molecule has 1 aromatic heterocycles. The maximum Gasteiger partial charge on any atom is 0.491 e. The highest BCUT2D eigenvalue weighted by molar-refractivity contribution is 7.89. The second kappa shape index (κ2) is 8.36. The molecule has 1 heterocycles. The van der Waals surface area contributed by atoms with Gasteiger partial charge in [-0.15, -0.1) is 13.2 Å². The monoisotopic (exact) mass is 451 g/mol. The van der Waals surface area contributed by atoms with E-state index in [1.807, 2.05) is 0 Å². The summed E-state index contributed by atoms with van der Waals surface area (Å²) in [7, 11) is -4.29. The van der Waals surface area contributed by atoms with Crippen LogP contribution in [0, 0.1) is 6.92 Å². The number of carbonyl (C=O) groups excluding carboxylic acids is 1. The maximum absolute atomic E-state index is 13.9. The average molecular weight is 451 g/mol. The SMILES string of the molecule is Cc1ncccc1Oc1ccccc1C(=O)N(c1cccc(S(N)(=O)=O)c1)C(F)(F)F. The van der Waals surface area contributed by atoms with Crippen molar-refractivity contribution in [2.24, 2.45) is 5.14 Å². The summed E-state index contributed by atoms with van der Waals surface area (Å²) < 4.78 is 70.4. The molecule has 0 saturated carbocycles. The van der Waals surface area contributed by atoms with Crippen LogP contribution in [0.2, 0.25) is 0 Å². The summed E-state index contributed by atoms with van der Waals surface area (Å²) in [5.41, 5.74) is -0.626. The van der Waals surface area contributed by atoms with E-state index in [0.717, 1.165) is 18.2 Å². The maximum atomic E-state index is 13.9.